The molecule has 132 valence electrons. The van der Waals surface area contributed by atoms with Crippen LogP contribution in [0, 0.1) is 15.2 Å². The molecule has 0 unspecified atom stereocenters. The van der Waals surface area contributed by atoms with E-state index < -0.39 is 23.6 Å². The normalized spacial score (nSPS) is 11.7. The van der Waals surface area contributed by atoms with Crippen LogP contribution in [0.2, 0.25) is 0 Å². The summed E-state index contributed by atoms with van der Waals surface area (Å²) in [5.41, 5.74) is 0.767. The Morgan fingerprint density at radius 1 is 1.16 bits per heavy atom. The fourth-order valence-corrected chi connectivity index (χ4v) is 3.06. The molecular weight excluding hydrogens is 441 g/mol. The van der Waals surface area contributed by atoms with Crippen LogP contribution < -0.4 is 5.32 Å². The van der Waals surface area contributed by atoms with Crippen molar-refractivity contribution in [2.75, 3.05) is 11.9 Å². The summed E-state index contributed by atoms with van der Waals surface area (Å²) >= 11 is 2.11. The Labute approximate surface area is 158 Å². The number of amides is 2. The number of nitrogens with one attached hydrogen (secondary N) is 1. The third-order valence-corrected chi connectivity index (χ3v) is 4.33. The molecule has 0 aliphatic heterocycles. The van der Waals surface area contributed by atoms with Gasteiger partial charge in [0.25, 0.3) is 5.91 Å². The molecule has 1 N–H and O–H groups in total. The first kappa shape index (κ1) is 19.3. The van der Waals surface area contributed by atoms with E-state index in [-0.39, 0.29) is 18.0 Å². The van der Waals surface area contributed by atoms with Crippen LogP contribution in [0.5, 0.6) is 0 Å². The zero-order valence-electron chi connectivity index (χ0n) is 13.7. The summed E-state index contributed by atoms with van der Waals surface area (Å²) in [5, 5.41) is 2.73. The Balaban J connectivity index is 2.41. The molecule has 4 nitrogen and oxygen atoms in total. The number of hydrogen-bond acceptors (Lipinski definition) is 2. The smallest absolute Gasteiger partial charge is 0.251 e. The molecule has 2 aromatic carbocycles. The monoisotopic (exact) mass is 458 g/mol. The van der Waals surface area contributed by atoms with Gasteiger partial charge in [-0.25, -0.2) is 8.78 Å². The lowest BCUT2D eigenvalue weighted by Crippen LogP contribution is -2.40. The molecule has 0 saturated carbocycles. The van der Waals surface area contributed by atoms with E-state index in [9.17, 15) is 18.4 Å². The van der Waals surface area contributed by atoms with E-state index >= 15 is 0 Å². The predicted molar refractivity (Wildman–Crippen MR) is 99.9 cm³/mol. The second-order valence-corrected chi connectivity index (χ2v) is 6.63. The highest BCUT2D eigenvalue weighted by Gasteiger charge is 2.29. The zero-order chi connectivity index (χ0) is 18.6. The third kappa shape index (κ3) is 4.75. The summed E-state index contributed by atoms with van der Waals surface area (Å²) in [6.07, 6.45) is 0. The van der Waals surface area contributed by atoms with Gasteiger partial charge in [-0.15, -0.1) is 0 Å². The van der Waals surface area contributed by atoms with Crippen molar-refractivity contribution in [1.82, 2.24) is 4.90 Å². The molecule has 0 aliphatic rings. The van der Waals surface area contributed by atoms with Crippen LogP contribution in [-0.2, 0) is 9.59 Å². The number of nitrogens with zero attached hydrogens (tertiary/aromatic N) is 1. The number of benzene rings is 2. The number of halogens is 3. The summed E-state index contributed by atoms with van der Waals surface area (Å²) in [6, 6.07) is 9.28. The van der Waals surface area contributed by atoms with Crippen LogP contribution >= 0.6 is 22.6 Å². The molecule has 0 spiro atoms. The Kier molecular flexibility index (Phi) is 6.46. The van der Waals surface area contributed by atoms with Crippen molar-refractivity contribution in [3.8, 4) is 0 Å². The van der Waals surface area contributed by atoms with Crippen molar-refractivity contribution in [3.05, 3.63) is 63.2 Å². The molecule has 1 atom stereocenters. The second-order valence-electron chi connectivity index (χ2n) is 5.38. The summed E-state index contributed by atoms with van der Waals surface area (Å²) < 4.78 is 27.8. The van der Waals surface area contributed by atoms with Gasteiger partial charge in [-0.05, 0) is 65.4 Å². The molecular formula is C18H17F2IN2O2. The lowest BCUT2D eigenvalue weighted by molar-refractivity contribution is -0.136. The second kappa shape index (κ2) is 8.37. The van der Waals surface area contributed by atoms with Crippen molar-refractivity contribution in [2.24, 2.45) is 0 Å². The average molecular weight is 458 g/mol. The highest BCUT2D eigenvalue weighted by atomic mass is 127. The molecule has 2 rings (SSSR count). The van der Waals surface area contributed by atoms with E-state index in [1.807, 2.05) is 6.07 Å². The lowest BCUT2D eigenvalue weighted by Gasteiger charge is -2.29. The molecule has 0 fully saturated rings. The zero-order valence-corrected chi connectivity index (χ0v) is 15.9. The Morgan fingerprint density at radius 3 is 2.44 bits per heavy atom. The lowest BCUT2D eigenvalue weighted by atomic mass is 10.0. The average Bonchev–Trinajstić information content (AvgIpc) is 2.54. The molecule has 2 amide bonds. The largest absolute Gasteiger partial charge is 0.327 e. The molecule has 0 saturated heterocycles. The topological polar surface area (TPSA) is 49.4 Å². The van der Waals surface area contributed by atoms with Gasteiger partial charge in [0.15, 0.2) is 11.6 Å². The molecule has 0 radical (unpaired) electrons. The van der Waals surface area contributed by atoms with Gasteiger partial charge in [0, 0.05) is 22.7 Å². The molecule has 25 heavy (non-hydrogen) atoms. The molecule has 0 bridgehead atoms. The van der Waals surface area contributed by atoms with E-state index in [1.165, 1.54) is 17.9 Å². The van der Waals surface area contributed by atoms with Gasteiger partial charge in [0.05, 0.1) is 0 Å². The van der Waals surface area contributed by atoms with E-state index in [0.717, 1.165) is 15.7 Å². The van der Waals surface area contributed by atoms with Gasteiger partial charge >= 0.3 is 0 Å². The van der Waals surface area contributed by atoms with Gasteiger partial charge in [0.1, 0.15) is 6.04 Å². The minimum Gasteiger partial charge on any atom is -0.327 e. The number of carbonyl (C=O) groups excluding carboxylic acids is 2. The summed E-state index contributed by atoms with van der Waals surface area (Å²) in [5.74, 6) is -2.91. The standard InChI is InChI=1S/C18H17F2IN2O2/c1-3-23(11(2)24)17(12-7-8-15(19)16(20)9-12)18(25)22-14-6-4-5-13(21)10-14/h4-10,17H,3H2,1-2H3,(H,22,25)/t17-/m1/s1. The van der Waals surface area contributed by atoms with Gasteiger partial charge in [0.2, 0.25) is 5.91 Å². The third-order valence-electron chi connectivity index (χ3n) is 3.66. The van der Waals surface area contributed by atoms with Crippen molar-refractivity contribution in [1.29, 1.82) is 0 Å². The molecule has 0 aromatic heterocycles. The molecule has 0 aliphatic carbocycles. The van der Waals surface area contributed by atoms with Crippen LogP contribution in [0.1, 0.15) is 25.5 Å². The van der Waals surface area contributed by atoms with E-state index in [2.05, 4.69) is 27.9 Å². The number of likely N-dealkylation sites (N-methyl/N-ethyl adjacent to an activating group) is 1. The first-order valence-electron chi connectivity index (χ1n) is 7.62. The molecule has 2 aromatic rings. The fourth-order valence-electron chi connectivity index (χ4n) is 2.52. The van der Waals surface area contributed by atoms with Crippen molar-refractivity contribution in [3.63, 3.8) is 0 Å². The fraction of sp³-hybridized carbons (Fsp3) is 0.222. The van der Waals surface area contributed by atoms with Crippen molar-refractivity contribution >= 4 is 40.1 Å². The van der Waals surface area contributed by atoms with Crippen LogP contribution in [0.25, 0.3) is 0 Å². The Hall–Kier alpha value is -2.03. The van der Waals surface area contributed by atoms with Crippen LogP contribution in [-0.4, -0.2) is 23.3 Å². The van der Waals surface area contributed by atoms with E-state index in [1.54, 1.807) is 25.1 Å². The van der Waals surface area contributed by atoms with Gasteiger partial charge < -0.3 is 10.2 Å². The van der Waals surface area contributed by atoms with Crippen LogP contribution in [0.15, 0.2) is 42.5 Å². The van der Waals surface area contributed by atoms with Gasteiger partial charge in [-0.1, -0.05) is 12.1 Å². The van der Waals surface area contributed by atoms with Crippen LogP contribution in [0.4, 0.5) is 14.5 Å². The first-order valence-corrected chi connectivity index (χ1v) is 8.70. The maximum absolute atomic E-state index is 13.6. The Bertz CT molecular complexity index is 798. The van der Waals surface area contributed by atoms with Crippen molar-refractivity contribution in [2.45, 2.75) is 19.9 Å². The highest BCUT2D eigenvalue weighted by molar-refractivity contribution is 14.1. The van der Waals surface area contributed by atoms with E-state index in [4.69, 9.17) is 0 Å². The SMILES string of the molecule is CCN(C(C)=O)[C@@H](C(=O)Nc1cccc(I)c1)c1ccc(F)c(F)c1. The number of hydrogen-bond donors (Lipinski definition) is 1. The quantitative estimate of drug-likeness (QED) is 0.686. The highest BCUT2D eigenvalue weighted by Crippen LogP contribution is 2.25. The maximum Gasteiger partial charge on any atom is 0.251 e. The summed E-state index contributed by atoms with van der Waals surface area (Å²) in [7, 11) is 0. The Morgan fingerprint density at radius 2 is 1.88 bits per heavy atom. The summed E-state index contributed by atoms with van der Waals surface area (Å²) in [4.78, 5) is 26.0. The maximum atomic E-state index is 13.6. The number of rotatable bonds is 5. The minimum absolute atomic E-state index is 0.207. The van der Waals surface area contributed by atoms with E-state index in [0.29, 0.717) is 5.69 Å². The minimum atomic E-state index is -1.07. The summed E-state index contributed by atoms with van der Waals surface area (Å²) in [6.45, 7) is 3.29. The number of anilines is 1. The predicted octanol–water partition coefficient (Wildman–Crippen LogP) is 4.12. The molecule has 7 heteroatoms. The number of carbonyl (C=O) groups is 2. The van der Waals surface area contributed by atoms with Crippen LogP contribution in [0.3, 0.4) is 0 Å². The van der Waals surface area contributed by atoms with Crippen molar-refractivity contribution < 1.29 is 18.4 Å². The first-order chi connectivity index (χ1) is 11.8. The van der Waals surface area contributed by atoms with Gasteiger partial charge in [-0.2, -0.15) is 0 Å². The van der Waals surface area contributed by atoms with Gasteiger partial charge in [-0.3, -0.25) is 9.59 Å². The molecule has 0 heterocycles.